The number of ketones is 1. The maximum atomic E-state index is 10.9. The first-order chi connectivity index (χ1) is 3.63. The number of hydrogen-bond acceptors (Lipinski definition) is 1. The van der Waals surface area contributed by atoms with E-state index in [2.05, 4.69) is 6.42 Å². The molecule has 0 heterocycles. The molecule has 9 heavy (non-hydrogen) atoms. The second-order valence-corrected chi connectivity index (χ2v) is 3.00. The normalized spacial score (nSPS) is 23.6. The monoisotopic (exact) mass is 196 g/mol. The molecule has 1 nitrogen and oxygen atoms in total. The molecule has 0 radical (unpaired) electrons. The molecule has 1 rings (SSSR count). The number of Topliss-reactive ketones (excluding diaryl/α,β-unsaturated/α-hetero) is 1. The average Bonchev–Trinajstić information content (AvgIpc) is 1.86. The van der Waals surface area contributed by atoms with Crippen molar-refractivity contribution < 1.29 is 63.0 Å². The van der Waals surface area contributed by atoms with E-state index in [-0.39, 0.29) is 63.6 Å². The third-order valence-corrected chi connectivity index (χ3v) is 1.74. The van der Waals surface area contributed by atoms with Crippen LogP contribution in [0.4, 0.5) is 0 Å². The summed E-state index contributed by atoms with van der Waals surface area (Å²) in [5, 5.41) is 0. The molecule has 1 aliphatic carbocycles. The molecular weight excluding hydrogens is 186 g/mol. The van der Waals surface area contributed by atoms with Gasteiger partial charge in [-0.25, -0.2) is 0 Å². The Morgan fingerprint density at radius 2 is 2.11 bits per heavy atom. The van der Waals surface area contributed by atoms with Crippen LogP contribution in [0, 0.1) is 11.8 Å². The first kappa shape index (κ1) is 10.5. The number of hydrogen-bond donors (Lipinski definition) is 0. The molecule has 0 amide bonds. The summed E-state index contributed by atoms with van der Waals surface area (Å²) in [6.45, 7) is 4.00. The maximum absolute atomic E-state index is 10.9. The zero-order valence-corrected chi connectivity index (χ0v) is 11.3. The van der Waals surface area contributed by atoms with Gasteiger partial charge < -0.3 is 11.2 Å². The summed E-state index contributed by atoms with van der Waals surface area (Å²) in [4.78, 5) is 10.9. The fraction of sp³-hybridized carbons (Fsp3) is 0.714. The molecule has 0 spiro atoms. The molecule has 0 aliphatic heterocycles. The summed E-state index contributed by atoms with van der Waals surface area (Å²) in [7, 11) is 0. The van der Waals surface area contributed by atoms with Gasteiger partial charge in [0.1, 0.15) is 5.78 Å². The van der Waals surface area contributed by atoms with Gasteiger partial charge in [-0.1, -0.05) is 13.8 Å². The Kier molecular flexibility index (Phi) is 4.36. The molecule has 46 valence electrons. The van der Waals surface area contributed by atoms with Crippen LogP contribution in [0.15, 0.2) is 0 Å². The van der Waals surface area contributed by atoms with Crippen LogP contribution >= 0.6 is 0 Å². The molecule has 0 aromatic rings. The Morgan fingerprint density at radius 1 is 1.56 bits per heavy atom. The smallest absolute Gasteiger partial charge is 0.320 e. The number of carbonyl (C=O) groups is 1. The zero-order chi connectivity index (χ0) is 6.20. The van der Waals surface area contributed by atoms with Crippen LogP contribution in [0.1, 0.15) is 26.7 Å². The number of carbonyl (C=O) groups excluding carboxylic acids is 1. The first-order valence-electron chi connectivity index (χ1n) is 2.98. The van der Waals surface area contributed by atoms with Gasteiger partial charge in [-0.2, -0.15) is 6.42 Å². The molecule has 0 N–H and O–H groups in total. The van der Waals surface area contributed by atoms with Crippen molar-refractivity contribution >= 4 is 5.78 Å². The van der Waals surface area contributed by atoms with Gasteiger partial charge >= 0.3 is 58.2 Å². The number of rotatable bonds is 0. The van der Waals surface area contributed by atoms with Gasteiger partial charge in [-0.05, 0) is 5.41 Å². The van der Waals surface area contributed by atoms with E-state index in [1.54, 1.807) is 0 Å². The predicted octanol–water partition coefficient (Wildman–Crippen LogP) is -1.42. The first-order valence-corrected chi connectivity index (χ1v) is 2.98. The van der Waals surface area contributed by atoms with Gasteiger partial charge in [0, 0.05) is 0 Å². The summed E-state index contributed by atoms with van der Waals surface area (Å²) in [6.07, 6.45) is 3.71. The molecule has 1 saturated carbocycles. The Balaban J connectivity index is 0.000000640. The molecular formula is C7H11ORb. The summed E-state index contributed by atoms with van der Waals surface area (Å²) in [6, 6.07) is 0. The molecule has 0 aromatic heterocycles. The van der Waals surface area contributed by atoms with Crippen LogP contribution in [-0.2, 0) is 4.79 Å². The topological polar surface area (TPSA) is 17.1 Å². The third-order valence-electron chi connectivity index (χ3n) is 1.74. The van der Waals surface area contributed by atoms with E-state index < -0.39 is 0 Å². The van der Waals surface area contributed by atoms with E-state index >= 15 is 0 Å². The third kappa shape index (κ3) is 2.53. The summed E-state index contributed by atoms with van der Waals surface area (Å²) in [5.74, 6) is 0.387. The van der Waals surface area contributed by atoms with Gasteiger partial charge in [0.2, 0.25) is 0 Å². The van der Waals surface area contributed by atoms with Crippen molar-refractivity contribution in [1.82, 2.24) is 0 Å². The maximum Gasteiger partial charge on any atom is 1.00 e. The molecule has 0 saturated heterocycles. The predicted molar refractivity (Wildman–Crippen MR) is 32.3 cm³/mol. The van der Waals surface area contributed by atoms with Crippen molar-refractivity contribution in [3.63, 3.8) is 0 Å². The largest absolute Gasteiger partial charge is 1.00 e. The molecule has 0 unspecified atom stereocenters. The average molecular weight is 197 g/mol. The minimum absolute atomic E-state index is 0. The van der Waals surface area contributed by atoms with Crippen LogP contribution in [0.25, 0.3) is 0 Å². The Hall–Kier alpha value is 1.48. The second kappa shape index (κ2) is 3.75. The van der Waals surface area contributed by atoms with Gasteiger partial charge in [0.05, 0.1) is 0 Å². The van der Waals surface area contributed by atoms with Crippen molar-refractivity contribution in [2.24, 2.45) is 5.41 Å². The summed E-state index contributed by atoms with van der Waals surface area (Å²) < 4.78 is 0. The van der Waals surface area contributed by atoms with Crippen molar-refractivity contribution in [2.75, 3.05) is 0 Å². The minimum atomic E-state index is -0.0417. The van der Waals surface area contributed by atoms with Gasteiger partial charge in [-0.3, -0.25) is 0 Å². The van der Waals surface area contributed by atoms with Crippen molar-refractivity contribution in [3.8, 4) is 0 Å². The van der Waals surface area contributed by atoms with Crippen LogP contribution in [-0.4, -0.2) is 5.78 Å². The van der Waals surface area contributed by atoms with Crippen molar-refractivity contribution in [1.29, 1.82) is 0 Å². The van der Waals surface area contributed by atoms with Gasteiger partial charge in [0.25, 0.3) is 0 Å². The molecule has 1 aliphatic rings. The summed E-state index contributed by atoms with van der Waals surface area (Å²) >= 11 is 0. The Labute approximate surface area is 105 Å². The zero-order valence-electron chi connectivity index (χ0n) is 6.40. The van der Waals surface area contributed by atoms with Crippen molar-refractivity contribution in [3.05, 3.63) is 6.42 Å². The van der Waals surface area contributed by atoms with Gasteiger partial charge in [-0.15, -0.1) is 6.42 Å². The Bertz CT molecular complexity index is 118. The molecule has 2 heteroatoms. The molecule has 1 fully saturated rings. The quantitative estimate of drug-likeness (QED) is 0.435. The molecule has 0 aromatic carbocycles. The van der Waals surface area contributed by atoms with E-state index in [0.717, 1.165) is 6.42 Å². The van der Waals surface area contributed by atoms with Crippen LogP contribution in [0.2, 0.25) is 0 Å². The van der Waals surface area contributed by atoms with Gasteiger partial charge in [0.15, 0.2) is 0 Å². The fourth-order valence-corrected chi connectivity index (χ4v) is 0.954. The molecule has 0 bridgehead atoms. The summed E-state index contributed by atoms with van der Waals surface area (Å²) in [5.41, 5.74) is -0.0417. The van der Waals surface area contributed by atoms with E-state index in [1.807, 2.05) is 13.8 Å². The SMILES string of the molecule is CC1(C)C[CH-]CC1=O.[Rb+]. The second-order valence-electron chi connectivity index (χ2n) is 3.00. The van der Waals surface area contributed by atoms with Crippen LogP contribution in [0.3, 0.4) is 0 Å². The molecule has 0 atom stereocenters. The van der Waals surface area contributed by atoms with E-state index in [4.69, 9.17) is 0 Å². The minimum Gasteiger partial charge on any atom is -0.320 e. The van der Waals surface area contributed by atoms with E-state index in [9.17, 15) is 4.79 Å². The van der Waals surface area contributed by atoms with E-state index in [1.165, 1.54) is 0 Å². The standard InChI is InChI=1S/C7H11O.Rb/c1-7(2)5-3-4-6(7)8;/h3H,4-5H2,1-2H3;/q-1;+1. The Morgan fingerprint density at radius 3 is 2.22 bits per heavy atom. The van der Waals surface area contributed by atoms with Crippen LogP contribution < -0.4 is 58.2 Å². The van der Waals surface area contributed by atoms with Crippen LogP contribution in [0.5, 0.6) is 0 Å². The van der Waals surface area contributed by atoms with Crippen molar-refractivity contribution in [2.45, 2.75) is 26.7 Å². The van der Waals surface area contributed by atoms with E-state index in [0.29, 0.717) is 12.2 Å². The fourth-order valence-electron chi connectivity index (χ4n) is 0.954.